The number of nitrogens with zero attached hydrogens (tertiary/aromatic N) is 1. The maximum atomic E-state index is 12.3. The van der Waals surface area contributed by atoms with Crippen molar-refractivity contribution in [2.45, 2.75) is 82.3 Å². The third kappa shape index (κ3) is 5.26. The van der Waals surface area contributed by atoms with E-state index in [0.717, 1.165) is 63.5 Å². The number of carbonyl (C=O) groups excluding carboxylic acids is 2. The van der Waals surface area contributed by atoms with E-state index in [9.17, 15) is 9.59 Å². The van der Waals surface area contributed by atoms with E-state index in [1.165, 1.54) is 16.7 Å². The van der Waals surface area contributed by atoms with Gasteiger partial charge in [0.2, 0.25) is 0 Å². The van der Waals surface area contributed by atoms with Crippen molar-refractivity contribution < 1.29 is 28.6 Å². The third-order valence-corrected chi connectivity index (χ3v) is 11.0. The zero-order valence-corrected chi connectivity index (χ0v) is 25.2. The summed E-state index contributed by atoms with van der Waals surface area (Å²) >= 11 is 0. The van der Waals surface area contributed by atoms with Gasteiger partial charge in [0, 0.05) is 38.6 Å². The normalized spacial score (nSPS) is 34.5. The van der Waals surface area contributed by atoms with E-state index >= 15 is 0 Å². The van der Waals surface area contributed by atoms with Gasteiger partial charge in [-0.2, -0.15) is 0 Å². The summed E-state index contributed by atoms with van der Waals surface area (Å²) in [5.74, 6) is 1.50. The molecule has 1 N–H and O–H groups in total. The van der Waals surface area contributed by atoms with Gasteiger partial charge in [-0.3, -0.25) is 9.63 Å². The van der Waals surface area contributed by atoms with E-state index in [4.69, 9.17) is 19.0 Å². The lowest BCUT2D eigenvalue weighted by molar-refractivity contribution is -0.149. The molecule has 0 spiro atoms. The number of benzene rings is 1. The first-order valence-electron chi connectivity index (χ1n) is 15.6. The Bertz CT molecular complexity index is 1280. The number of rotatable bonds is 7. The standard InChI is InChI=1S/C34H44N2O6/c1-33-18-29(23-8-6-22(7-9-23)19-35-42-32(38)36-25-5-4-16-41-20-25)31-27-13-11-26(37)17-24(27)10-12-28(31)30(33)14-15-34(33,40-3)21-39-2/h6-9,17,19,25,28-30H,4-5,10-16,18,20-21H2,1-3H3,(H,36,38)/b35-19+/t25?,28?,29-,30?,33+,34-/m1/s1. The lowest BCUT2D eigenvalue weighted by Crippen LogP contribution is -2.54. The van der Waals surface area contributed by atoms with Gasteiger partial charge < -0.3 is 19.5 Å². The molecule has 1 heterocycles. The quantitative estimate of drug-likeness (QED) is 0.248. The van der Waals surface area contributed by atoms with E-state index in [2.05, 4.69) is 29.5 Å². The second kappa shape index (κ2) is 12.1. The Morgan fingerprint density at radius 1 is 1.14 bits per heavy atom. The van der Waals surface area contributed by atoms with Gasteiger partial charge in [-0.05, 0) is 91.6 Å². The van der Waals surface area contributed by atoms with Gasteiger partial charge in [0.25, 0.3) is 0 Å². The van der Waals surface area contributed by atoms with Crippen LogP contribution in [0.1, 0.15) is 81.8 Å². The van der Waals surface area contributed by atoms with E-state index < -0.39 is 6.09 Å². The number of ketones is 1. The molecule has 0 aromatic heterocycles. The van der Waals surface area contributed by atoms with E-state index in [1.807, 2.05) is 25.3 Å². The lowest BCUT2D eigenvalue weighted by Gasteiger charge is -2.55. The Hall–Kier alpha value is -2.81. The van der Waals surface area contributed by atoms with Crippen molar-refractivity contribution in [3.05, 3.63) is 58.2 Å². The number of allylic oxidation sites excluding steroid dienone is 4. The van der Waals surface area contributed by atoms with Crippen LogP contribution in [-0.4, -0.2) is 63.8 Å². The average molecular weight is 577 g/mol. The van der Waals surface area contributed by atoms with Crippen molar-refractivity contribution >= 4 is 18.1 Å². The number of hydrogen-bond donors (Lipinski definition) is 1. The van der Waals surface area contributed by atoms with E-state index in [1.54, 1.807) is 18.9 Å². The Kier molecular flexibility index (Phi) is 8.40. The number of ether oxygens (including phenoxy) is 3. The van der Waals surface area contributed by atoms with Crippen molar-refractivity contribution in [1.82, 2.24) is 5.32 Å². The predicted octanol–water partition coefficient (Wildman–Crippen LogP) is 5.86. The molecule has 1 saturated heterocycles. The van der Waals surface area contributed by atoms with Crippen LogP contribution in [0.4, 0.5) is 4.79 Å². The Morgan fingerprint density at radius 3 is 2.71 bits per heavy atom. The van der Waals surface area contributed by atoms with Crippen LogP contribution in [0.3, 0.4) is 0 Å². The highest BCUT2D eigenvalue weighted by Gasteiger charge is 2.63. The van der Waals surface area contributed by atoms with Gasteiger partial charge in [0.05, 0.1) is 31.1 Å². The molecule has 1 aromatic carbocycles. The van der Waals surface area contributed by atoms with Gasteiger partial charge in [0.1, 0.15) is 0 Å². The molecule has 3 unspecified atom stereocenters. The fraction of sp³-hybridized carbons (Fsp3) is 0.618. The second-order valence-electron chi connectivity index (χ2n) is 13.0. The van der Waals surface area contributed by atoms with Gasteiger partial charge in [-0.25, -0.2) is 4.79 Å². The first-order valence-corrected chi connectivity index (χ1v) is 15.6. The minimum absolute atomic E-state index is 0.0325. The summed E-state index contributed by atoms with van der Waals surface area (Å²) in [6.45, 7) is 4.27. The number of nitrogens with one attached hydrogen (secondary N) is 1. The fourth-order valence-electron chi connectivity index (χ4n) is 8.90. The summed E-state index contributed by atoms with van der Waals surface area (Å²) in [4.78, 5) is 29.5. The minimum atomic E-state index is -0.566. The van der Waals surface area contributed by atoms with Crippen LogP contribution in [0.15, 0.2) is 52.2 Å². The van der Waals surface area contributed by atoms with Gasteiger partial charge in [-0.1, -0.05) is 41.9 Å². The molecule has 4 aliphatic carbocycles. The first-order chi connectivity index (χ1) is 20.4. The Morgan fingerprint density at radius 2 is 1.98 bits per heavy atom. The maximum Gasteiger partial charge on any atom is 0.433 e. The summed E-state index contributed by atoms with van der Waals surface area (Å²) in [6, 6.07) is 8.42. The van der Waals surface area contributed by atoms with Crippen molar-refractivity contribution in [3.8, 4) is 0 Å². The van der Waals surface area contributed by atoms with E-state index in [-0.39, 0.29) is 28.8 Å². The molecule has 2 saturated carbocycles. The SMILES string of the molecule is COC[C@]1(OC)CCC2C3CCC4=CC(=O)CCC4=C3[C@@H](c3ccc(/C=N/OC(=O)NC4CCCOC4)cc3)C[C@@]21C. The summed E-state index contributed by atoms with van der Waals surface area (Å²) in [5, 5.41) is 6.73. The number of hydrogen-bond acceptors (Lipinski definition) is 7. The molecule has 0 bridgehead atoms. The largest absolute Gasteiger partial charge is 0.433 e. The first kappa shape index (κ1) is 29.3. The van der Waals surface area contributed by atoms with Crippen LogP contribution >= 0.6 is 0 Å². The van der Waals surface area contributed by atoms with Crippen molar-refractivity contribution in [2.24, 2.45) is 22.4 Å². The highest BCUT2D eigenvalue weighted by molar-refractivity contribution is 5.93. The van der Waals surface area contributed by atoms with Crippen LogP contribution in [0.2, 0.25) is 0 Å². The van der Waals surface area contributed by atoms with Crippen LogP contribution in [0, 0.1) is 17.3 Å². The maximum absolute atomic E-state index is 12.3. The molecule has 1 aliphatic heterocycles. The highest BCUT2D eigenvalue weighted by atomic mass is 16.7. The van der Waals surface area contributed by atoms with Crippen molar-refractivity contribution in [3.63, 3.8) is 0 Å². The summed E-state index contributed by atoms with van der Waals surface area (Å²) in [5.41, 5.74) is 6.04. The van der Waals surface area contributed by atoms with Crippen LogP contribution < -0.4 is 5.32 Å². The molecule has 8 nitrogen and oxygen atoms in total. The molecular weight excluding hydrogens is 532 g/mol. The zero-order chi connectivity index (χ0) is 29.3. The molecule has 5 aliphatic rings. The van der Waals surface area contributed by atoms with Crippen LogP contribution in [0.25, 0.3) is 0 Å². The number of methoxy groups -OCH3 is 2. The molecule has 6 atom stereocenters. The molecule has 3 fully saturated rings. The minimum Gasteiger partial charge on any atom is -0.382 e. The number of fused-ring (bicyclic) bond motifs is 4. The predicted molar refractivity (Wildman–Crippen MR) is 159 cm³/mol. The smallest absolute Gasteiger partial charge is 0.382 e. The molecule has 226 valence electrons. The summed E-state index contributed by atoms with van der Waals surface area (Å²) in [7, 11) is 3.63. The lowest BCUT2D eigenvalue weighted by atomic mass is 9.51. The summed E-state index contributed by atoms with van der Waals surface area (Å²) in [6.07, 6.45) is 11.4. The van der Waals surface area contributed by atoms with Gasteiger partial charge >= 0.3 is 6.09 Å². The molecular formula is C34H44N2O6. The zero-order valence-electron chi connectivity index (χ0n) is 25.2. The number of amides is 1. The molecule has 1 aromatic rings. The molecule has 1 amide bonds. The molecule has 0 radical (unpaired) electrons. The van der Waals surface area contributed by atoms with Gasteiger partial charge in [0.15, 0.2) is 5.78 Å². The van der Waals surface area contributed by atoms with Crippen molar-refractivity contribution in [1.29, 1.82) is 0 Å². The third-order valence-electron chi connectivity index (χ3n) is 11.0. The molecule has 8 heteroatoms. The van der Waals surface area contributed by atoms with E-state index in [0.29, 0.717) is 31.5 Å². The Balaban J connectivity index is 1.27. The number of carbonyl (C=O) groups is 2. The number of oxime groups is 1. The van der Waals surface area contributed by atoms with Crippen LogP contribution in [0.5, 0.6) is 0 Å². The molecule has 6 rings (SSSR count). The monoisotopic (exact) mass is 576 g/mol. The Labute approximate surface area is 248 Å². The topological polar surface area (TPSA) is 95.5 Å². The van der Waals surface area contributed by atoms with Crippen molar-refractivity contribution in [2.75, 3.05) is 34.0 Å². The summed E-state index contributed by atoms with van der Waals surface area (Å²) < 4.78 is 17.5. The van der Waals surface area contributed by atoms with Gasteiger partial charge in [-0.15, -0.1) is 0 Å². The second-order valence-corrected chi connectivity index (χ2v) is 13.0. The fourth-order valence-corrected chi connectivity index (χ4v) is 8.90. The van der Waals surface area contributed by atoms with Crippen LogP contribution in [-0.2, 0) is 23.8 Å². The molecule has 42 heavy (non-hydrogen) atoms. The average Bonchev–Trinajstić information content (AvgIpc) is 3.29. The highest BCUT2D eigenvalue weighted by Crippen LogP contribution is 2.67.